The van der Waals surface area contributed by atoms with Gasteiger partial charge in [-0.15, -0.1) is 24.8 Å². The van der Waals surface area contributed by atoms with E-state index in [1.165, 1.54) is 0 Å². The quantitative estimate of drug-likeness (QED) is 0.751. The van der Waals surface area contributed by atoms with Crippen LogP contribution in [0.4, 0.5) is 0 Å². The molecular formula is C12H26Cl2N2O4. The lowest BCUT2D eigenvalue weighted by Crippen LogP contribution is -2.54. The number of carbonyl (C=O) groups is 2. The predicted molar refractivity (Wildman–Crippen MR) is 82.1 cm³/mol. The van der Waals surface area contributed by atoms with Gasteiger partial charge in [-0.25, -0.2) is 0 Å². The van der Waals surface area contributed by atoms with E-state index in [4.69, 9.17) is 20.9 Å². The summed E-state index contributed by atoms with van der Waals surface area (Å²) < 4.78 is 10.1. The summed E-state index contributed by atoms with van der Waals surface area (Å²) in [5.41, 5.74) is 9.82. The van der Waals surface area contributed by atoms with Crippen molar-refractivity contribution in [1.29, 1.82) is 0 Å². The van der Waals surface area contributed by atoms with Crippen LogP contribution in [0.1, 0.15) is 41.5 Å². The van der Waals surface area contributed by atoms with Crippen LogP contribution < -0.4 is 11.5 Å². The SMILES string of the molecule is CC(C)(C)OC(=O)[C@@H](N)[C@@H](N)C(=O)OC(C)(C)C.Cl.Cl. The summed E-state index contributed by atoms with van der Waals surface area (Å²) in [7, 11) is 0. The monoisotopic (exact) mass is 332 g/mol. The first-order chi connectivity index (χ1) is 7.83. The van der Waals surface area contributed by atoms with Crippen molar-refractivity contribution in [1.82, 2.24) is 0 Å². The summed E-state index contributed by atoms with van der Waals surface area (Å²) in [4.78, 5) is 23.3. The van der Waals surface area contributed by atoms with Crippen molar-refractivity contribution in [3.05, 3.63) is 0 Å². The van der Waals surface area contributed by atoms with Crippen LogP contribution in [0.5, 0.6) is 0 Å². The molecule has 0 saturated heterocycles. The average molecular weight is 333 g/mol. The molecule has 0 saturated carbocycles. The third kappa shape index (κ3) is 10.3. The van der Waals surface area contributed by atoms with Gasteiger partial charge in [0.2, 0.25) is 0 Å². The van der Waals surface area contributed by atoms with Crippen molar-refractivity contribution in [3.63, 3.8) is 0 Å². The Morgan fingerprint density at radius 1 is 0.750 bits per heavy atom. The zero-order chi connectivity index (χ0) is 14.7. The van der Waals surface area contributed by atoms with Crippen molar-refractivity contribution in [2.45, 2.75) is 64.8 Å². The molecule has 6 nitrogen and oxygen atoms in total. The van der Waals surface area contributed by atoms with E-state index in [1.54, 1.807) is 41.5 Å². The van der Waals surface area contributed by atoms with Crippen LogP contribution in [-0.2, 0) is 19.1 Å². The first-order valence-corrected chi connectivity index (χ1v) is 5.80. The maximum absolute atomic E-state index is 11.6. The maximum Gasteiger partial charge on any atom is 0.325 e. The van der Waals surface area contributed by atoms with Gasteiger partial charge in [-0.1, -0.05) is 0 Å². The molecule has 0 aromatic rings. The molecule has 0 aromatic heterocycles. The zero-order valence-corrected chi connectivity index (χ0v) is 14.4. The summed E-state index contributed by atoms with van der Waals surface area (Å²) >= 11 is 0. The molecule has 0 radical (unpaired) electrons. The number of nitrogens with two attached hydrogens (primary N) is 2. The summed E-state index contributed by atoms with van der Waals surface area (Å²) in [5.74, 6) is -1.44. The fourth-order valence-corrected chi connectivity index (χ4v) is 1.03. The molecule has 0 spiro atoms. The van der Waals surface area contributed by atoms with E-state index in [-0.39, 0.29) is 24.8 Å². The highest BCUT2D eigenvalue weighted by atomic mass is 35.5. The minimum Gasteiger partial charge on any atom is -0.459 e. The largest absolute Gasteiger partial charge is 0.459 e. The van der Waals surface area contributed by atoms with Crippen LogP contribution in [0.15, 0.2) is 0 Å². The van der Waals surface area contributed by atoms with Crippen LogP contribution in [0.25, 0.3) is 0 Å². The van der Waals surface area contributed by atoms with Gasteiger partial charge in [0.15, 0.2) is 0 Å². The molecule has 0 aromatic carbocycles. The van der Waals surface area contributed by atoms with E-state index in [0.717, 1.165) is 0 Å². The minimum atomic E-state index is -1.24. The fraction of sp³-hybridized carbons (Fsp3) is 0.833. The van der Waals surface area contributed by atoms with Gasteiger partial charge in [-0.2, -0.15) is 0 Å². The highest BCUT2D eigenvalue weighted by molar-refractivity contribution is 5.87. The van der Waals surface area contributed by atoms with Crippen LogP contribution in [0.3, 0.4) is 0 Å². The predicted octanol–water partition coefficient (Wildman–Crippen LogP) is 1.17. The van der Waals surface area contributed by atoms with Gasteiger partial charge in [0.05, 0.1) is 0 Å². The Balaban J connectivity index is -0.00000144. The van der Waals surface area contributed by atoms with Gasteiger partial charge < -0.3 is 20.9 Å². The van der Waals surface area contributed by atoms with Gasteiger partial charge in [-0.3, -0.25) is 9.59 Å². The molecule has 8 heteroatoms. The summed E-state index contributed by atoms with van der Waals surface area (Å²) in [5, 5.41) is 0. The normalized spacial score (nSPS) is 14.2. The van der Waals surface area contributed by atoms with Gasteiger partial charge in [0.25, 0.3) is 0 Å². The smallest absolute Gasteiger partial charge is 0.325 e. The third-order valence-electron chi connectivity index (χ3n) is 1.74. The highest BCUT2D eigenvalue weighted by Crippen LogP contribution is 2.11. The second kappa shape index (κ2) is 8.67. The lowest BCUT2D eigenvalue weighted by atomic mass is 10.1. The van der Waals surface area contributed by atoms with E-state index in [2.05, 4.69) is 0 Å². The van der Waals surface area contributed by atoms with E-state index in [0.29, 0.717) is 0 Å². The summed E-state index contributed by atoms with van der Waals surface area (Å²) in [6.07, 6.45) is 0. The Morgan fingerprint density at radius 2 is 0.950 bits per heavy atom. The van der Waals surface area contributed by atoms with E-state index < -0.39 is 35.2 Å². The Kier molecular flexibility index (Phi) is 10.6. The Labute approximate surface area is 132 Å². The molecule has 0 heterocycles. The van der Waals surface area contributed by atoms with Gasteiger partial charge in [-0.05, 0) is 41.5 Å². The molecule has 0 rings (SSSR count). The molecule has 4 N–H and O–H groups in total. The van der Waals surface area contributed by atoms with Gasteiger partial charge in [0, 0.05) is 0 Å². The lowest BCUT2D eigenvalue weighted by molar-refractivity contribution is -0.165. The number of hydrogen-bond donors (Lipinski definition) is 2. The first-order valence-electron chi connectivity index (χ1n) is 5.80. The van der Waals surface area contributed by atoms with E-state index in [1.807, 2.05) is 0 Å². The summed E-state index contributed by atoms with van der Waals surface area (Å²) in [6.45, 7) is 10.2. The van der Waals surface area contributed by atoms with Crippen molar-refractivity contribution < 1.29 is 19.1 Å². The van der Waals surface area contributed by atoms with Crippen molar-refractivity contribution in [3.8, 4) is 0 Å². The van der Waals surface area contributed by atoms with Crippen LogP contribution in [-0.4, -0.2) is 35.2 Å². The molecule has 0 bridgehead atoms. The minimum absolute atomic E-state index is 0. The molecule has 0 fully saturated rings. The Morgan fingerprint density at radius 3 is 1.10 bits per heavy atom. The Hall–Kier alpha value is -0.560. The number of carbonyl (C=O) groups excluding carboxylic acids is 2. The zero-order valence-electron chi connectivity index (χ0n) is 12.8. The molecule has 0 aliphatic carbocycles. The van der Waals surface area contributed by atoms with E-state index >= 15 is 0 Å². The number of ether oxygens (including phenoxy) is 2. The highest BCUT2D eigenvalue weighted by Gasteiger charge is 2.33. The number of rotatable bonds is 3. The fourth-order valence-electron chi connectivity index (χ4n) is 1.03. The maximum atomic E-state index is 11.6. The number of halogens is 2. The number of esters is 2. The molecule has 0 amide bonds. The summed E-state index contributed by atoms with van der Waals surface area (Å²) in [6, 6.07) is -2.47. The average Bonchev–Trinajstić information content (AvgIpc) is 2.09. The molecule has 0 aliphatic heterocycles. The van der Waals surface area contributed by atoms with Gasteiger partial charge >= 0.3 is 11.9 Å². The molecule has 0 unspecified atom stereocenters. The second-order valence-corrected chi connectivity index (χ2v) is 6.12. The van der Waals surface area contributed by atoms with Crippen LogP contribution in [0, 0.1) is 0 Å². The molecular weight excluding hydrogens is 307 g/mol. The van der Waals surface area contributed by atoms with Crippen LogP contribution in [0.2, 0.25) is 0 Å². The second-order valence-electron chi connectivity index (χ2n) is 6.12. The molecule has 122 valence electrons. The van der Waals surface area contributed by atoms with Crippen molar-refractivity contribution in [2.24, 2.45) is 11.5 Å². The van der Waals surface area contributed by atoms with Crippen molar-refractivity contribution >= 4 is 36.8 Å². The van der Waals surface area contributed by atoms with E-state index in [9.17, 15) is 9.59 Å². The van der Waals surface area contributed by atoms with Crippen molar-refractivity contribution in [2.75, 3.05) is 0 Å². The number of hydrogen-bond acceptors (Lipinski definition) is 6. The molecule has 2 atom stereocenters. The lowest BCUT2D eigenvalue weighted by Gasteiger charge is -2.26. The van der Waals surface area contributed by atoms with Gasteiger partial charge in [0.1, 0.15) is 23.3 Å². The van der Waals surface area contributed by atoms with Crippen LogP contribution >= 0.6 is 24.8 Å². The third-order valence-corrected chi connectivity index (χ3v) is 1.74. The first kappa shape index (κ1) is 24.5. The standard InChI is InChI=1S/C12H24N2O4.2ClH/c1-11(2,3)17-9(15)7(13)8(14)10(16)18-12(4,5)6;;/h7-8H,13-14H2,1-6H3;2*1H/t7-,8+;;. The topological polar surface area (TPSA) is 105 Å². The Bertz CT molecular complexity index is 292. The molecule has 20 heavy (non-hydrogen) atoms. The molecule has 0 aliphatic rings.